The first-order valence-corrected chi connectivity index (χ1v) is 5.26. The third-order valence-corrected chi connectivity index (χ3v) is 2.31. The summed E-state index contributed by atoms with van der Waals surface area (Å²) in [6.07, 6.45) is -0.906. The van der Waals surface area contributed by atoms with Gasteiger partial charge in [-0.15, -0.1) is 0 Å². The summed E-state index contributed by atoms with van der Waals surface area (Å²) in [7, 11) is 0. The summed E-state index contributed by atoms with van der Waals surface area (Å²) < 4.78 is 10.4. The fourth-order valence-electron chi connectivity index (χ4n) is 1.62. The number of carboxylic acid groups (broad SMARTS) is 1. The first kappa shape index (κ1) is 12.5. The standard InChI is InChI=1S/C12H16O4/c1-3-12(15-4-2,16-11(13)14)10-8-6-5-7-9-10/h5-9H,3-4H2,1-2H3,(H,13,14). The lowest BCUT2D eigenvalue weighted by molar-refractivity contribution is -0.218. The van der Waals surface area contributed by atoms with Crippen LogP contribution in [0.4, 0.5) is 4.79 Å². The summed E-state index contributed by atoms with van der Waals surface area (Å²) >= 11 is 0. The van der Waals surface area contributed by atoms with E-state index in [9.17, 15) is 4.79 Å². The molecule has 1 rings (SSSR count). The van der Waals surface area contributed by atoms with Gasteiger partial charge in [-0.05, 0) is 6.92 Å². The first-order chi connectivity index (χ1) is 7.64. The molecule has 0 radical (unpaired) electrons. The zero-order chi connectivity index (χ0) is 12.0. The zero-order valence-corrected chi connectivity index (χ0v) is 9.47. The Kier molecular flexibility index (Phi) is 4.31. The van der Waals surface area contributed by atoms with Crippen LogP contribution in [0.3, 0.4) is 0 Å². The summed E-state index contributed by atoms with van der Waals surface area (Å²) in [5.41, 5.74) is 0.710. The molecule has 1 N–H and O–H groups in total. The predicted molar refractivity (Wildman–Crippen MR) is 59.1 cm³/mol. The van der Waals surface area contributed by atoms with Crippen molar-refractivity contribution in [1.29, 1.82) is 0 Å². The molecule has 0 aromatic heterocycles. The highest BCUT2D eigenvalue weighted by Gasteiger charge is 2.35. The van der Waals surface area contributed by atoms with Crippen molar-refractivity contribution in [1.82, 2.24) is 0 Å². The number of benzene rings is 1. The van der Waals surface area contributed by atoms with Gasteiger partial charge in [0.25, 0.3) is 0 Å². The van der Waals surface area contributed by atoms with E-state index in [-0.39, 0.29) is 0 Å². The van der Waals surface area contributed by atoms with Gasteiger partial charge in [0.2, 0.25) is 5.79 Å². The highest BCUT2D eigenvalue weighted by atomic mass is 16.8. The van der Waals surface area contributed by atoms with Gasteiger partial charge in [0.05, 0.1) is 0 Å². The lowest BCUT2D eigenvalue weighted by Crippen LogP contribution is -2.34. The minimum absolute atomic E-state index is 0.385. The van der Waals surface area contributed by atoms with Crippen molar-refractivity contribution < 1.29 is 19.4 Å². The van der Waals surface area contributed by atoms with Crippen LogP contribution in [0, 0.1) is 0 Å². The van der Waals surface area contributed by atoms with E-state index in [1.54, 1.807) is 19.1 Å². The van der Waals surface area contributed by atoms with Crippen LogP contribution in [0.2, 0.25) is 0 Å². The summed E-state index contributed by atoms with van der Waals surface area (Å²) in [6, 6.07) is 9.09. The van der Waals surface area contributed by atoms with Crippen LogP contribution in [0.15, 0.2) is 30.3 Å². The summed E-state index contributed by atoms with van der Waals surface area (Å²) in [5.74, 6) is -1.19. The van der Waals surface area contributed by atoms with Crippen LogP contribution in [0.25, 0.3) is 0 Å². The molecule has 88 valence electrons. The van der Waals surface area contributed by atoms with Crippen molar-refractivity contribution in [2.75, 3.05) is 6.61 Å². The fraction of sp³-hybridized carbons (Fsp3) is 0.417. The minimum atomic E-state index is -1.33. The number of ether oxygens (including phenoxy) is 2. The van der Waals surface area contributed by atoms with E-state index in [1.807, 2.05) is 25.1 Å². The Labute approximate surface area is 94.8 Å². The van der Waals surface area contributed by atoms with E-state index in [2.05, 4.69) is 0 Å². The van der Waals surface area contributed by atoms with Crippen LogP contribution >= 0.6 is 0 Å². The van der Waals surface area contributed by atoms with Gasteiger partial charge in [0.15, 0.2) is 0 Å². The maximum atomic E-state index is 10.7. The van der Waals surface area contributed by atoms with Crippen molar-refractivity contribution in [3.05, 3.63) is 35.9 Å². The highest BCUT2D eigenvalue weighted by molar-refractivity contribution is 5.57. The number of hydrogen-bond donors (Lipinski definition) is 1. The molecule has 0 aliphatic carbocycles. The SMILES string of the molecule is CCOC(CC)(OC(=O)O)c1ccccc1. The predicted octanol–water partition coefficient (Wildman–Crippen LogP) is 2.98. The van der Waals surface area contributed by atoms with Crippen molar-refractivity contribution in [2.24, 2.45) is 0 Å². The highest BCUT2D eigenvalue weighted by Crippen LogP contribution is 2.31. The molecule has 1 aromatic rings. The number of hydrogen-bond acceptors (Lipinski definition) is 3. The first-order valence-electron chi connectivity index (χ1n) is 5.26. The minimum Gasteiger partial charge on any atom is -0.450 e. The van der Waals surface area contributed by atoms with Crippen LogP contribution in [-0.2, 0) is 15.3 Å². The maximum Gasteiger partial charge on any atom is 0.508 e. The second-order valence-electron chi connectivity index (χ2n) is 3.27. The molecule has 1 atom stereocenters. The molecule has 1 unspecified atom stereocenters. The Morgan fingerprint density at radius 3 is 2.38 bits per heavy atom. The quantitative estimate of drug-likeness (QED) is 0.617. The molecule has 16 heavy (non-hydrogen) atoms. The third-order valence-electron chi connectivity index (χ3n) is 2.31. The maximum absolute atomic E-state index is 10.7. The van der Waals surface area contributed by atoms with Gasteiger partial charge >= 0.3 is 6.16 Å². The second kappa shape index (κ2) is 5.51. The average molecular weight is 224 g/mol. The molecule has 0 fully saturated rings. The molecule has 0 aliphatic heterocycles. The summed E-state index contributed by atoms with van der Waals surface area (Å²) in [4.78, 5) is 10.7. The van der Waals surface area contributed by atoms with Gasteiger partial charge in [-0.25, -0.2) is 4.79 Å². The molecule has 4 heteroatoms. The van der Waals surface area contributed by atoms with Gasteiger partial charge in [-0.3, -0.25) is 0 Å². The normalized spacial score (nSPS) is 14.1. The Morgan fingerprint density at radius 1 is 1.31 bits per heavy atom. The lowest BCUT2D eigenvalue weighted by atomic mass is 10.0. The van der Waals surface area contributed by atoms with Crippen molar-refractivity contribution in [3.63, 3.8) is 0 Å². The van der Waals surface area contributed by atoms with Gasteiger partial charge in [-0.1, -0.05) is 37.3 Å². The Balaban J connectivity index is 3.06. The molecular formula is C12H16O4. The molecule has 0 bridgehead atoms. The Bertz CT molecular complexity index is 336. The molecule has 0 heterocycles. The lowest BCUT2D eigenvalue weighted by Gasteiger charge is -2.31. The van der Waals surface area contributed by atoms with Crippen LogP contribution in [0.1, 0.15) is 25.8 Å². The van der Waals surface area contributed by atoms with Gasteiger partial charge in [0, 0.05) is 18.6 Å². The van der Waals surface area contributed by atoms with Crippen LogP contribution in [0.5, 0.6) is 0 Å². The molecule has 0 spiro atoms. The number of carbonyl (C=O) groups is 1. The van der Waals surface area contributed by atoms with Gasteiger partial charge < -0.3 is 14.6 Å². The monoisotopic (exact) mass is 224 g/mol. The van der Waals surface area contributed by atoms with E-state index in [1.165, 1.54) is 0 Å². The second-order valence-corrected chi connectivity index (χ2v) is 3.27. The smallest absolute Gasteiger partial charge is 0.450 e. The molecule has 1 aromatic carbocycles. The van der Waals surface area contributed by atoms with E-state index < -0.39 is 11.9 Å². The van der Waals surface area contributed by atoms with Crippen LogP contribution in [-0.4, -0.2) is 17.9 Å². The molecule has 0 aliphatic rings. The van der Waals surface area contributed by atoms with E-state index in [4.69, 9.17) is 14.6 Å². The molecule has 0 saturated carbocycles. The number of rotatable bonds is 5. The van der Waals surface area contributed by atoms with E-state index >= 15 is 0 Å². The van der Waals surface area contributed by atoms with Gasteiger partial charge in [0.1, 0.15) is 0 Å². The third kappa shape index (κ3) is 2.73. The van der Waals surface area contributed by atoms with Crippen LogP contribution < -0.4 is 0 Å². The fourth-order valence-corrected chi connectivity index (χ4v) is 1.62. The zero-order valence-electron chi connectivity index (χ0n) is 9.47. The molecule has 0 saturated heterocycles. The van der Waals surface area contributed by atoms with Gasteiger partial charge in [-0.2, -0.15) is 0 Å². The molecule has 0 amide bonds. The molecule has 4 nitrogen and oxygen atoms in total. The van der Waals surface area contributed by atoms with E-state index in [0.717, 1.165) is 0 Å². The Hall–Kier alpha value is -1.55. The summed E-state index contributed by atoms with van der Waals surface area (Å²) in [5, 5.41) is 8.77. The van der Waals surface area contributed by atoms with Crippen molar-refractivity contribution in [2.45, 2.75) is 26.1 Å². The topological polar surface area (TPSA) is 55.8 Å². The van der Waals surface area contributed by atoms with E-state index in [0.29, 0.717) is 18.6 Å². The largest absolute Gasteiger partial charge is 0.508 e. The summed E-state index contributed by atoms with van der Waals surface area (Å²) in [6.45, 7) is 4.01. The molecular weight excluding hydrogens is 208 g/mol. The van der Waals surface area contributed by atoms with Crippen molar-refractivity contribution >= 4 is 6.16 Å². The Morgan fingerprint density at radius 2 is 1.94 bits per heavy atom. The average Bonchev–Trinajstić information content (AvgIpc) is 2.29. The van der Waals surface area contributed by atoms with Crippen molar-refractivity contribution in [3.8, 4) is 0 Å².